The van der Waals surface area contributed by atoms with E-state index in [1.54, 1.807) is 6.07 Å². The molecule has 0 unspecified atom stereocenters. The highest BCUT2D eigenvalue weighted by molar-refractivity contribution is 8.00. The first-order valence-electron chi connectivity index (χ1n) is 8.81. The quantitative estimate of drug-likeness (QED) is 0.872. The van der Waals surface area contributed by atoms with Gasteiger partial charge in [-0.1, -0.05) is 30.3 Å². The third-order valence-corrected chi connectivity index (χ3v) is 5.80. The van der Waals surface area contributed by atoms with E-state index >= 15 is 0 Å². The van der Waals surface area contributed by atoms with Crippen molar-refractivity contribution < 1.29 is 9.59 Å². The molecule has 0 radical (unpaired) electrons. The Morgan fingerprint density at radius 2 is 2.08 bits per heavy atom. The Morgan fingerprint density at radius 3 is 2.92 bits per heavy atom. The zero-order chi connectivity index (χ0) is 17.9. The Morgan fingerprint density at radius 1 is 1.23 bits per heavy atom. The van der Waals surface area contributed by atoms with Crippen molar-refractivity contribution in [3.05, 3.63) is 59.7 Å². The maximum absolute atomic E-state index is 12.6. The van der Waals surface area contributed by atoms with E-state index in [1.165, 1.54) is 17.3 Å². The lowest BCUT2D eigenvalue weighted by Gasteiger charge is -2.18. The summed E-state index contributed by atoms with van der Waals surface area (Å²) in [6, 6.07) is 16.1. The standard InChI is InChI=1S/C20H21N3O2S/c24-19-13-26-18-7-6-15(10-17(18)22-19)20(25)21-16-8-9-23(12-16)11-14-4-2-1-3-5-14/h1-7,10,16H,8-9,11-13H2,(H,21,25)(H,22,24)/t16-/m1/s1. The predicted molar refractivity (Wildman–Crippen MR) is 103 cm³/mol. The highest BCUT2D eigenvalue weighted by Gasteiger charge is 2.25. The molecule has 0 saturated carbocycles. The molecule has 0 bridgehead atoms. The second-order valence-electron chi connectivity index (χ2n) is 6.73. The Bertz CT molecular complexity index is 825. The lowest BCUT2D eigenvalue weighted by atomic mass is 10.1. The molecule has 0 spiro atoms. The number of nitrogens with zero attached hydrogens (tertiary/aromatic N) is 1. The molecule has 4 rings (SSSR count). The summed E-state index contributed by atoms with van der Waals surface area (Å²) in [6.07, 6.45) is 0.954. The number of rotatable bonds is 4. The van der Waals surface area contributed by atoms with Gasteiger partial charge in [-0.25, -0.2) is 0 Å². The molecule has 2 amide bonds. The summed E-state index contributed by atoms with van der Waals surface area (Å²) in [5.74, 6) is 0.328. The van der Waals surface area contributed by atoms with Gasteiger partial charge in [0.25, 0.3) is 5.91 Å². The minimum Gasteiger partial charge on any atom is -0.348 e. The number of likely N-dealkylation sites (tertiary alicyclic amines) is 1. The van der Waals surface area contributed by atoms with Crippen LogP contribution in [-0.4, -0.2) is 41.6 Å². The van der Waals surface area contributed by atoms with Crippen molar-refractivity contribution in [2.75, 3.05) is 24.2 Å². The van der Waals surface area contributed by atoms with E-state index in [1.807, 2.05) is 18.2 Å². The normalized spacial score (nSPS) is 19.7. The molecule has 2 aromatic rings. The first kappa shape index (κ1) is 17.1. The third kappa shape index (κ3) is 3.92. The summed E-state index contributed by atoms with van der Waals surface area (Å²) in [6.45, 7) is 2.75. The summed E-state index contributed by atoms with van der Waals surface area (Å²) in [4.78, 5) is 27.5. The van der Waals surface area contributed by atoms with Crippen molar-refractivity contribution in [2.45, 2.75) is 23.9 Å². The molecule has 2 heterocycles. The van der Waals surface area contributed by atoms with E-state index in [0.29, 0.717) is 11.3 Å². The maximum Gasteiger partial charge on any atom is 0.251 e. The van der Waals surface area contributed by atoms with E-state index < -0.39 is 0 Å². The predicted octanol–water partition coefficient (Wildman–Crippen LogP) is 2.74. The molecule has 0 aliphatic carbocycles. The van der Waals surface area contributed by atoms with Gasteiger partial charge in [-0.15, -0.1) is 11.8 Å². The van der Waals surface area contributed by atoms with Crippen molar-refractivity contribution in [3.8, 4) is 0 Å². The number of benzene rings is 2. The first-order valence-corrected chi connectivity index (χ1v) is 9.80. The average molecular weight is 367 g/mol. The van der Waals surface area contributed by atoms with Gasteiger partial charge in [0, 0.05) is 36.1 Å². The Balaban J connectivity index is 1.35. The molecular formula is C20H21N3O2S. The van der Waals surface area contributed by atoms with Crippen LogP contribution in [0, 0.1) is 0 Å². The van der Waals surface area contributed by atoms with E-state index in [4.69, 9.17) is 0 Å². The van der Waals surface area contributed by atoms with E-state index in [9.17, 15) is 9.59 Å². The van der Waals surface area contributed by atoms with Crippen LogP contribution in [0.5, 0.6) is 0 Å². The molecule has 0 aromatic heterocycles. The summed E-state index contributed by atoms with van der Waals surface area (Å²) < 4.78 is 0. The van der Waals surface area contributed by atoms with Gasteiger partial charge in [-0.2, -0.15) is 0 Å². The van der Waals surface area contributed by atoms with Gasteiger partial charge in [-0.3, -0.25) is 14.5 Å². The van der Waals surface area contributed by atoms with Crippen LogP contribution < -0.4 is 10.6 Å². The molecule has 2 N–H and O–H groups in total. The number of hydrogen-bond donors (Lipinski definition) is 2. The van der Waals surface area contributed by atoms with Crippen molar-refractivity contribution in [3.63, 3.8) is 0 Å². The van der Waals surface area contributed by atoms with Crippen LogP contribution in [0.25, 0.3) is 0 Å². The number of thioether (sulfide) groups is 1. The van der Waals surface area contributed by atoms with Gasteiger partial charge in [-0.05, 0) is 30.2 Å². The fraction of sp³-hybridized carbons (Fsp3) is 0.300. The largest absolute Gasteiger partial charge is 0.348 e. The number of hydrogen-bond acceptors (Lipinski definition) is 4. The minimum atomic E-state index is -0.0795. The molecule has 2 aromatic carbocycles. The fourth-order valence-electron chi connectivity index (χ4n) is 3.43. The van der Waals surface area contributed by atoms with Crippen LogP contribution in [0.15, 0.2) is 53.4 Å². The van der Waals surface area contributed by atoms with E-state index in [0.717, 1.165) is 36.6 Å². The molecular weight excluding hydrogens is 346 g/mol. The number of nitrogens with one attached hydrogen (secondary N) is 2. The summed E-state index contributed by atoms with van der Waals surface area (Å²) >= 11 is 1.50. The van der Waals surface area contributed by atoms with Crippen molar-refractivity contribution >= 4 is 29.3 Å². The van der Waals surface area contributed by atoms with Gasteiger partial charge < -0.3 is 10.6 Å². The van der Waals surface area contributed by atoms with Crippen LogP contribution in [0.2, 0.25) is 0 Å². The lowest BCUT2D eigenvalue weighted by Crippen LogP contribution is -2.37. The fourth-order valence-corrected chi connectivity index (χ4v) is 4.22. The third-order valence-electron chi connectivity index (χ3n) is 4.73. The summed E-state index contributed by atoms with van der Waals surface area (Å²) in [5, 5.41) is 5.96. The summed E-state index contributed by atoms with van der Waals surface area (Å²) in [7, 11) is 0. The lowest BCUT2D eigenvalue weighted by molar-refractivity contribution is -0.113. The van der Waals surface area contributed by atoms with Crippen LogP contribution in [0.3, 0.4) is 0 Å². The molecule has 1 saturated heterocycles. The van der Waals surface area contributed by atoms with Gasteiger partial charge in [0.05, 0.1) is 11.4 Å². The van der Waals surface area contributed by atoms with Gasteiger partial charge >= 0.3 is 0 Å². The van der Waals surface area contributed by atoms with Gasteiger partial charge in [0.1, 0.15) is 0 Å². The highest BCUT2D eigenvalue weighted by Crippen LogP contribution is 2.32. The number of carbonyl (C=O) groups is 2. The zero-order valence-electron chi connectivity index (χ0n) is 14.4. The molecule has 1 fully saturated rings. The zero-order valence-corrected chi connectivity index (χ0v) is 15.2. The van der Waals surface area contributed by atoms with Crippen molar-refractivity contribution in [2.24, 2.45) is 0 Å². The maximum atomic E-state index is 12.6. The number of amides is 2. The molecule has 26 heavy (non-hydrogen) atoms. The molecule has 134 valence electrons. The molecule has 2 aliphatic rings. The van der Waals surface area contributed by atoms with Crippen LogP contribution in [-0.2, 0) is 11.3 Å². The van der Waals surface area contributed by atoms with Gasteiger partial charge in [0.2, 0.25) is 5.91 Å². The van der Waals surface area contributed by atoms with Crippen LogP contribution >= 0.6 is 11.8 Å². The van der Waals surface area contributed by atoms with Crippen molar-refractivity contribution in [1.29, 1.82) is 0 Å². The second-order valence-corrected chi connectivity index (χ2v) is 7.74. The number of fused-ring (bicyclic) bond motifs is 1. The molecule has 6 heteroatoms. The Hall–Kier alpha value is -2.31. The molecule has 5 nitrogen and oxygen atoms in total. The Kier molecular flexibility index (Phi) is 4.95. The molecule has 2 aliphatic heterocycles. The Labute approximate surface area is 157 Å². The van der Waals surface area contributed by atoms with Crippen LogP contribution in [0.4, 0.5) is 5.69 Å². The highest BCUT2D eigenvalue weighted by atomic mass is 32.2. The minimum absolute atomic E-state index is 0.0209. The average Bonchev–Trinajstić information content (AvgIpc) is 3.08. The summed E-state index contributed by atoms with van der Waals surface area (Å²) in [5.41, 5.74) is 2.62. The SMILES string of the molecule is O=C1CSc2ccc(C(=O)N[C@@H]3CCN(Cc4ccccc4)C3)cc2N1. The molecule has 1 atom stereocenters. The van der Waals surface area contributed by atoms with Gasteiger partial charge in [0.15, 0.2) is 0 Å². The van der Waals surface area contributed by atoms with Crippen molar-refractivity contribution in [1.82, 2.24) is 10.2 Å². The number of anilines is 1. The smallest absolute Gasteiger partial charge is 0.251 e. The first-order chi connectivity index (χ1) is 12.7. The van der Waals surface area contributed by atoms with E-state index in [-0.39, 0.29) is 17.9 Å². The second kappa shape index (κ2) is 7.51. The monoisotopic (exact) mass is 367 g/mol. The van der Waals surface area contributed by atoms with E-state index in [2.05, 4.69) is 39.8 Å². The number of carbonyl (C=O) groups excluding carboxylic acids is 2. The topological polar surface area (TPSA) is 61.4 Å². The van der Waals surface area contributed by atoms with Crippen LogP contribution in [0.1, 0.15) is 22.3 Å².